The van der Waals surface area contributed by atoms with Gasteiger partial charge in [0, 0.05) is 19.6 Å². The van der Waals surface area contributed by atoms with Crippen molar-refractivity contribution in [1.29, 1.82) is 0 Å². The number of nitrogen functional groups attached to an aromatic ring is 1. The Bertz CT molecular complexity index is 987. The summed E-state index contributed by atoms with van der Waals surface area (Å²) in [6, 6.07) is 7.48. The van der Waals surface area contributed by atoms with Crippen molar-refractivity contribution >= 4 is 39.5 Å². The Kier molecular flexibility index (Phi) is 5.58. The molecule has 2 aromatic heterocycles. The van der Waals surface area contributed by atoms with E-state index in [1.54, 1.807) is 17.7 Å². The van der Waals surface area contributed by atoms with Gasteiger partial charge in [0.15, 0.2) is 10.6 Å². The number of hydroxylamine groups is 2. The van der Waals surface area contributed by atoms with Crippen molar-refractivity contribution in [2.45, 2.75) is 6.54 Å². The first-order chi connectivity index (χ1) is 14.1. The predicted molar refractivity (Wildman–Crippen MR) is 110 cm³/mol. The lowest BCUT2D eigenvalue weighted by atomic mass is 10.2. The Balaban J connectivity index is 1.28. The molecule has 0 aliphatic carbocycles. The van der Waals surface area contributed by atoms with Crippen LogP contribution in [0.15, 0.2) is 29.8 Å². The van der Waals surface area contributed by atoms with Gasteiger partial charge in [0.1, 0.15) is 11.3 Å². The molecule has 0 saturated carbocycles. The number of carbonyl (C=O) groups is 1. The van der Waals surface area contributed by atoms with E-state index in [0.29, 0.717) is 32.7 Å². The topological polar surface area (TPSA) is 119 Å². The molecule has 0 bridgehead atoms. The molecule has 1 aromatic carbocycles. The summed E-state index contributed by atoms with van der Waals surface area (Å²) in [5.41, 5.74) is 9.25. The zero-order chi connectivity index (χ0) is 20.2. The van der Waals surface area contributed by atoms with Crippen LogP contribution in [0, 0.1) is 0 Å². The van der Waals surface area contributed by atoms with E-state index in [1.165, 1.54) is 11.3 Å². The lowest BCUT2D eigenvalue weighted by Crippen LogP contribution is -2.48. The van der Waals surface area contributed by atoms with Crippen LogP contribution in [-0.4, -0.2) is 59.4 Å². The zero-order valence-electron chi connectivity index (χ0n) is 15.9. The fourth-order valence-corrected chi connectivity index (χ4v) is 3.70. The average Bonchev–Trinajstić information content (AvgIpc) is 3.21. The SMILES string of the molecule is COc1ccc(CNC(=O)ON2CCN(c3nc(N)nc4scnc34)CC2)cc1. The molecule has 152 valence electrons. The molecule has 3 N–H and O–H groups in total. The second-order valence-corrected chi connectivity index (χ2v) is 7.24. The standard InChI is InChI=1S/C18H21N7O3S/c1-27-13-4-2-12(3-5-13)10-20-18(26)28-25-8-6-24(7-9-25)15-14-16(29-11-21-14)23-17(19)22-15/h2-5,11H,6-10H2,1H3,(H,20,26)(H2,19,22,23). The smallest absolute Gasteiger partial charge is 0.426 e. The number of thiazole rings is 1. The maximum absolute atomic E-state index is 12.1. The van der Waals surface area contributed by atoms with Crippen molar-refractivity contribution in [2.75, 3.05) is 43.9 Å². The minimum Gasteiger partial charge on any atom is -0.497 e. The summed E-state index contributed by atoms with van der Waals surface area (Å²) >= 11 is 1.43. The van der Waals surface area contributed by atoms with Gasteiger partial charge in [0.05, 0.1) is 25.7 Å². The molecule has 1 fully saturated rings. The highest BCUT2D eigenvalue weighted by molar-refractivity contribution is 7.16. The number of hydrogen-bond donors (Lipinski definition) is 2. The number of nitrogens with two attached hydrogens (primary N) is 1. The molecule has 1 saturated heterocycles. The summed E-state index contributed by atoms with van der Waals surface area (Å²) < 4.78 is 5.12. The van der Waals surface area contributed by atoms with Crippen LogP contribution in [0.4, 0.5) is 16.6 Å². The van der Waals surface area contributed by atoms with E-state index in [4.69, 9.17) is 15.3 Å². The summed E-state index contributed by atoms with van der Waals surface area (Å²) in [5, 5.41) is 4.39. The average molecular weight is 415 g/mol. The van der Waals surface area contributed by atoms with Gasteiger partial charge >= 0.3 is 6.09 Å². The maximum Gasteiger partial charge on any atom is 0.426 e. The normalized spacial score (nSPS) is 14.7. The van der Waals surface area contributed by atoms with Crippen molar-refractivity contribution in [3.05, 3.63) is 35.3 Å². The van der Waals surface area contributed by atoms with Gasteiger partial charge in [-0.1, -0.05) is 12.1 Å². The van der Waals surface area contributed by atoms with Gasteiger partial charge in [-0.05, 0) is 17.7 Å². The molecule has 10 nitrogen and oxygen atoms in total. The largest absolute Gasteiger partial charge is 0.497 e. The second kappa shape index (κ2) is 8.45. The summed E-state index contributed by atoms with van der Waals surface area (Å²) in [7, 11) is 1.61. The molecular formula is C18H21N7O3S. The molecule has 11 heteroatoms. The number of nitrogens with zero attached hydrogens (tertiary/aromatic N) is 5. The number of fused-ring (bicyclic) bond motifs is 1. The third kappa shape index (κ3) is 4.46. The third-order valence-electron chi connectivity index (χ3n) is 4.54. The number of benzene rings is 1. The van der Waals surface area contributed by atoms with E-state index in [9.17, 15) is 4.79 Å². The van der Waals surface area contributed by atoms with E-state index in [1.807, 2.05) is 24.3 Å². The molecule has 1 aliphatic heterocycles. The summed E-state index contributed by atoms with van der Waals surface area (Å²) in [6.07, 6.45) is -0.484. The fourth-order valence-electron chi connectivity index (χ4n) is 3.04. The number of methoxy groups -OCH3 is 1. The molecule has 1 amide bonds. The third-order valence-corrected chi connectivity index (χ3v) is 5.26. The Hall–Kier alpha value is -3.18. The molecule has 4 rings (SSSR count). The number of aromatic nitrogens is 3. The van der Waals surface area contributed by atoms with Gasteiger partial charge < -0.3 is 25.5 Å². The molecule has 0 spiro atoms. The van der Waals surface area contributed by atoms with Gasteiger partial charge in [-0.3, -0.25) is 0 Å². The molecule has 0 atom stereocenters. The van der Waals surface area contributed by atoms with Gasteiger partial charge in [0.25, 0.3) is 0 Å². The van der Waals surface area contributed by atoms with Crippen molar-refractivity contribution in [1.82, 2.24) is 25.3 Å². The van der Waals surface area contributed by atoms with Crippen LogP contribution >= 0.6 is 11.3 Å². The lowest BCUT2D eigenvalue weighted by molar-refractivity contribution is -0.102. The van der Waals surface area contributed by atoms with E-state index in [2.05, 4.69) is 25.2 Å². The number of rotatable bonds is 5. The summed E-state index contributed by atoms with van der Waals surface area (Å²) in [5.74, 6) is 1.72. The van der Waals surface area contributed by atoms with Gasteiger partial charge in [-0.15, -0.1) is 16.4 Å². The first kappa shape index (κ1) is 19.2. The number of amides is 1. The Morgan fingerprint density at radius 2 is 1.97 bits per heavy atom. The van der Waals surface area contributed by atoms with Gasteiger partial charge in [-0.25, -0.2) is 14.8 Å². The molecule has 3 aromatic rings. The number of nitrogens with one attached hydrogen (secondary N) is 1. The predicted octanol–water partition coefficient (Wildman–Crippen LogP) is 1.64. The first-order valence-corrected chi connectivity index (χ1v) is 9.95. The highest BCUT2D eigenvalue weighted by atomic mass is 32.1. The van der Waals surface area contributed by atoms with Crippen LogP contribution in [-0.2, 0) is 11.4 Å². The highest BCUT2D eigenvalue weighted by Crippen LogP contribution is 2.26. The van der Waals surface area contributed by atoms with Crippen molar-refractivity contribution in [2.24, 2.45) is 0 Å². The first-order valence-electron chi connectivity index (χ1n) is 9.07. The minimum absolute atomic E-state index is 0.230. The summed E-state index contributed by atoms with van der Waals surface area (Å²) in [6.45, 7) is 2.74. The molecular weight excluding hydrogens is 394 g/mol. The molecule has 29 heavy (non-hydrogen) atoms. The number of anilines is 2. The van der Waals surface area contributed by atoms with Gasteiger partial charge in [-0.2, -0.15) is 4.98 Å². The fraction of sp³-hybridized carbons (Fsp3) is 0.333. The highest BCUT2D eigenvalue weighted by Gasteiger charge is 2.23. The maximum atomic E-state index is 12.1. The van der Waals surface area contributed by atoms with Crippen LogP contribution in [0.25, 0.3) is 10.3 Å². The van der Waals surface area contributed by atoms with Crippen LogP contribution in [0.5, 0.6) is 5.75 Å². The molecule has 0 unspecified atom stereocenters. The van der Waals surface area contributed by atoms with Crippen LogP contribution in [0.3, 0.4) is 0 Å². The van der Waals surface area contributed by atoms with E-state index >= 15 is 0 Å². The van der Waals surface area contributed by atoms with Crippen molar-refractivity contribution in [3.8, 4) is 5.75 Å². The van der Waals surface area contributed by atoms with Crippen LogP contribution in [0.2, 0.25) is 0 Å². The minimum atomic E-state index is -0.484. The number of hydrogen-bond acceptors (Lipinski definition) is 10. The zero-order valence-corrected chi connectivity index (χ0v) is 16.7. The van der Waals surface area contributed by atoms with E-state index in [0.717, 1.165) is 27.5 Å². The number of carbonyl (C=O) groups excluding carboxylic acids is 1. The van der Waals surface area contributed by atoms with Crippen molar-refractivity contribution in [3.63, 3.8) is 0 Å². The Morgan fingerprint density at radius 1 is 1.21 bits per heavy atom. The van der Waals surface area contributed by atoms with Crippen LogP contribution in [0.1, 0.15) is 5.56 Å². The van der Waals surface area contributed by atoms with Crippen molar-refractivity contribution < 1.29 is 14.4 Å². The Morgan fingerprint density at radius 3 is 2.69 bits per heavy atom. The lowest BCUT2D eigenvalue weighted by Gasteiger charge is -2.33. The molecule has 0 radical (unpaired) electrons. The second-order valence-electron chi connectivity index (χ2n) is 6.41. The number of piperazine rings is 1. The molecule has 1 aliphatic rings. The quantitative estimate of drug-likeness (QED) is 0.641. The summed E-state index contributed by atoms with van der Waals surface area (Å²) in [4.78, 5) is 33.2. The van der Waals surface area contributed by atoms with E-state index < -0.39 is 6.09 Å². The number of ether oxygens (including phenoxy) is 1. The monoisotopic (exact) mass is 415 g/mol. The van der Waals surface area contributed by atoms with Crippen LogP contribution < -0.4 is 20.7 Å². The van der Waals surface area contributed by atoms with E-state index in [-0.39, 0.29) is 5.95 Å². The Labute approximate surface area is 171 Å². The molecule has 3 heterocycles. The van der Waals surface area contributed by atoms with Gasteiger partial charge in [0.2, 0.25) is 5.95 Å².